The molecule has 0 spiro atoms. The molecule has 0 saturated heterocycles. The van der Waals surface area contributed by atoms with Crippen molar-refractivity contribution in [3.05, 3.63) is 59.7 Å². The van der Waals surface area contributed by atoms with Gasteiger partial charge in [-0.25, -0.2) is 8.42 Å². The van der Waals surface area contributed by atoms with Crippen molar-refractivity contribution in [1.82, 2.24) is 10.2 Å². The normalized spacial score (nSPS) is 13.3. The van der Waals surface area contributed by atoms with Crippen LogP contribution in [0.4, 0.5) is 18.9 Å². The predicted molar refractivity (Wildman–Crippen MR) is 144 cm³/mol. The van der Waals surface area contributed by atoms with Crippen molar-refractivity contribution < 1.29 is 35.9 Å². The maximum atomic E-state index is 13.4. The number of rotatable bonds is 13. The predicted octanol–water partition coefficient (Wildman–Crippen LogP) is 4.59. The summed E-state index contributed by atoms with van der Waals surface area (Å²) in [5.41, 5.74) is -0.391. The van der Waals surface area contributed by atoms with Gasteiger partial charge in [-0.2, -0.15) is 13.2 Å². The standard InChI is InChI=1S/C27H36F3N3O5S/c1-6-19(2)31-26(35)20(3)32(18-21-10-7-13-24(16-21)38-4)25(34)14-9-15-33(39(5,36)37)23-12-8-11-22(17-23)27(28,29)30/h7-8,10-13,16-17,19-20H,6,9,14-15,18H2,1-5H3,(H,31,35)/t19-,20-/m1/s1. The lowest BCUT2D eigenvalue weighted by Gasteiger charge is -2.30. The van der Waals surface area contributed by atoms with Crippen LogP contribution in [0, 0.1) is 0 Å². The Hall–Kier alpha value is -3.28. The Morgan fingerprint density at radius 1 is 1.08 bits per heavy atom. The number of anilines is 1. The third kappa shape index (κ3) is 9.45. The van der Waals surface area contributed by atoms with E-state index in [4.69, 9.17) is 4.74 Å². The Kier molecular flexibility index (Phi) is 11.2. The smallest absolute Gasteiger partial charge is 0.416 e. The molecule has 0 fully saturated rings. The number of sulfonamides is 1. The molecule has 8 nitrogen and oxygen atoms in total. The molecule has 1 N–H and O–H groups in total. The molecule has 2 atom stereocenters. The van der Waals surface area contributed by atoms with E-state index >= 15 is 0 Å². The van der Waals surface area contributed by atoms with Crippen LogP contribution in [0.3, 0.4) is 0 Å². The quantitative estimate of drug-likeness (QED) is 0.380. The molecule has 0 aromatic heterocycles. The van der Waals surface area contributed by atoms with Crippen LogP contribution in [0.5, 0.6) is 5.75 Å². The van der Waals surface area contributed by atoms with Gasteiger partial charge in [0, 0.05) is 25.6 Å². The number of carbonyl (C=O) groups is 2. The Morgan fingerprint density at radius 3 is 2.33 bits per heavy atom. The van der Waals surface area contributed by atoms with Gasteiger partial charge in [0.05, 0.1) is 24.6 Å². The van der Waals surface area contributed by atoms with Crippen LogP contribution < -0.4 is 14.4 Å². The second-order valence-electron chi connectivity index (χ2n) is 9.35. The van der Waals surface area contributed by atoms with Crippen LogP contribution in [-0.2, 0) is 32.3 Å². The first kappa shape index (κ1) is 31.9. The van der Waals surface area contributed by atoms with Crippen LogP contribution >= 0.6 is 0 Å². The fraction of sp³-hybridized carbons (Fsp3) is 0.481. The zero-order valence-corrected chi connectivity index (χ0v) is 23.6. The lowest BCUT2D eigenvalue weighted by Crippen LogP contribution is -2.49. The van der Waals surface area contributed by atoms with Gasteiger partial charge < -0.3 is 15.0 Å². The number of hydrogen-bond donors (Lipinski definition) is 1. The number of alkyl halides is 3. The fourth-order valence-electron chi connectivity index (χ4n) is 3.86. The minimum absolute atomic E-state index is 0.0243. The monoisotopic (exact) mass is 571 g/mol. The molecule has 0 unspecified atom stereocenters. The average molecular weight is 572 g/mol. The van der Waals surface area contributed by atoms with Gasteiger partial charge >= 0.3 is 6.18 Å². The first-order chi connectivity index (χ1) is 18.2. The summed E-state index contributed by atoms with van der Waals surface area (Å²) >= 11 is 0. The molecule has 0 aliphatic rings. The van der Waals surface area contributed by atoms with E-state index in [0.717, 1.165) is 34.3 Å². The topological polar surface area (TPSA) is 96.0 Å². The van der Waals surface area contributed by atoms with E-state index < -0.39 is 33.7 Å². The van der Waals surface area contributed by atoms with Crippen molar-refractivity contribution in [2.24, 2.45) is 0 Å². The summed E-state index contributed by atoms with van der Waals surface area (Å²) in [5, 5.41) is 2.87. The number of methoxy groups -OCH3 is 1. The van der Waals surface area contributed by atoms with Gasteiger partial charge in [0.25, 0.3) is 0 Å². The summed E-state index contributed by atoms with van der Waals surface area (Å²) in [7, 11) is -2.42. The van der Waals surface area contributed by atoms with Crippen molar-refractivity contribution in [1.29, 1.82) is 0 Å². The number of benzene rings is 2. The van der Waals surface area contributed by atoms with Gasteiger partial charge in [-0.15, -0.1) is 0 Å². The molecule has 12 heteroatoms. The van der Waals surface area contributed by atoms with Gasteiger partial charge in [0.1, 0.15) is 11.8 Å². The van der Waals surface area contributed by atoms with Gasteiger partial charge in [0.15, 0.2) is 0 Å². The Balaban J connectivity index is 2.24. The number of amides is 2. The summed E-state index contributed by atoms with van der Waals surface area (Å²) in [6.45, 7) is 5.28. The van der Waals surface area contributed by atoms with E-state index in [9.17, 15) is 31.2 Å². The van der Waals surface area contributed by atoms with Gasteiger partial charge in [-0.3, -0.25) is 13.9 Å². The van der Waals surface area contributed by atoms with E-state index in [-0.39, 0.29) is 43.6 Å². The molecule has 2 aromatic carbocycles. The fourth-order valence-corrected chi connectivity index (χ4v) is 4.81. The van der Waals surface area contributed by atoms with Crippen molar-refractivity contribution in [3.8, 4) is 5.75 Å². The molecular weight excluding hydrogens is 535 g/mol. The number of hydrogen-bond acceptors (Lipinski definition) is 5. The molecule has 2 aromatic rings. The van der Waals surface area contributed by atoms with Gasteiger partial charge in [-0.05, 0) is 62.6 Å². The summed E-state index contributed by atoms with van der Waals surface area (Å²) in [5.74, 6) is -0.147. The highest BCUT2D eigenvalue weighted by atomic mass is 32.2. The summed E-state index contributed by atoms with van der Waals surface area (Å²) in [6, 6.07) is 10.2. The van der Waals surface area contributed by atoms with E-state index in [1.165, 1.54) is 18.1 Å². The number of nitrogens with zero attached hydrogens (tertiary/aromatic N) is 2. The first-order valence-electron chi connectivity index (χ1n) is 12.5. The molecule has 0 aliphatic carbocycles. The average Bonchev–Trinajstić information content (AvgIpc) is 2.88. The largest absolute Gasteiger partial charge is 0.497 e. The van der Waals surface area contributed by atoms with Crippen molar-refractivity contribution >= 4 is 27.5 Å². The Labute approximate surface area is 228 Å². The molecule has 2 amide bonds. The minimum atomic E-state index is -4.64. The van der Waals surface area contributed by atoms with Crippen molar-refractivity contribution in [2.45, 2.75) is 64.8 Å². The molecule has 0 bridgehead atoms. The van der Waals surface area contributed by atoms with Crippen LogP contribution in [-0.4, -0.2) is 57.1 Å². The maximum Gasteiger partial charge on any atom is 0.416 e. The molecule has 0 aliphatic heterocycles. The van der Waals surface area contributed by atoms with Crippen LogP contribution in [0.1, 0.15) is 51.2 Å². The molecule has 39 heavy (non-hydrogen) atoms. The molecule has 0 radical (unpaired) electrons. The van der Waals surface area contributed by atoms with E-state index in [0.29, 0.717) is 12.2 Å². The summed E-state index contributed by atoms with van der Waals surface area (Å²) in [4.78, 5) is 27.6. The molecule has 216 valence electrons. The third-order valence-corrected chi connectivity index (χ3v) is 7.46. The van der Waals surface area contributed by atoms with Crippen molar-refractivity contribution in [2.75, 3.05) is 24.2 Å². The second-order valence-corrected chi connectivity index (χ2v) is 11.3. The lowest BCUT2D eigenvalue weighted by atomic mass is 10.1. The number of nitrogens with one attached hydrogen (secondary N) is 1. The number of ether oxygens (including phenoxy) is 1. The highest BCUT2D eigenvalue weighted by Crippen LogP contribution is 2.32. The minimum Gasteiger partial charge on any atom is -0.497 e. The van der Waals surface area contributed by atoms with E-state index in [1.807, 2.05) is 13.8 Å². The number of carbonyl (C=O) groups excluding carboxylic acids is 2. The van der Waals surface area contributed by atoms with Crippen LogP contribution in [0.25, 0.3) is 0 Å². The first-order valence-corrected chi connectivity index (χ1v) is 14.4. The lowest BCUT2D eigenvalue weighted by molar-refractivity contribution is -0.140. The van der Waals surface area contributed by atoms with Crippen LogP contribution in [0.15, 0.2) is 48.5 Å². The Morgan fingerprint density at radius 2 is 1.74 bits per heavy atom. The van der Waals surface area contributed by atoms with E-state index in [2.05, 4.69) is 5.32 Å². The zero-order chi connectivity index (χ0) is 29.4. The maximum absolute atomic E-state index is 13.4. The number of halogens is 3. The SMILES string of the molecule is CC[C@@H](C)NC(=O)[C@@H](C)N(Cc1cccc(OC)c1)C(=O)CCCN(c1cccc(C(F)(F)F)c1)S(C)(=O)=O. The molecule has 0 saturated carbocycles. The highest BCUT2D eigenvalue weighted by Gasteiger charge is 2.32. The van der Waals surface area contributed by atoms with E-state index in [1.54, 1.807) is 31.2 Å². The highest BCUT2D eigenvalue weighted by molar-refractivity contribution is 7.92. The zero-order valence-electron chi connectivity index (χ0n) is 22.8. The summed E-state index contributed by atoms with van der Waals surface area (Å²) < 4.78 is 70.5. The van der Waals surface area contributed by atoms with Crippen LogP contribution in [0.2, 0.25) is 0 Å². The molecular formula is C27H36F3N3O5S. The second kappa shape index (κ2) is 13.7. The Bertz CT molecular complexity index is 1240. The third-order valence-electron chi connectivity index (χ3n) is 6.27. The molecule has 0 heterocycles. The summed E-state index contributed by atoms with van der Waals surface area (Å²) in [6.07, 6.45) is -3.14. The van der Waals surface area contributed by atoms with Gasteiger partial charge in [0.2, 0.25) is 21.8 Å². The van der Waals surface area contributed by atoms with Gasteiger partial charge in [-0.1, -0.05) is 25.1 Å². The van der Waals surface area contributed by atoms with Crippen molar-refractivity contribution in [3.63, 3.8) is 0 Å². The molecule has 2 rings (SSSR count).